The minimum Gasteiger partial charge on any atom is -0.464 e. The van der Waals surface area contributed by atoms with Crippen LogP contribution < -0.4 is 5.73 Å². The van der Waals surface area contributed by atoms with Gasteiger partial charge in [0, 0.05) is 0 Å². The molecular weight excluding hydrogens is 222 g/mol. The molecule has 0 saturated carbocycles. The summed E-state index contributed by atoms with van der Waals surface area (Å²) in [5, 5.41) is 0. The lowest BCUT2D eigenvalue weighted by molar-refractivity contribution is -0.157. The van der Waals surface area contributed by atoms with Crippen LogP contribution in [-0.2, 0) is 25.7 Å². The summed E-state index contributed by atoms with van der Waals surface area (Å²) in [6.45, 7) is 1.91. The minimum absolute atomic E-state index is 0.0901. The van der Waals surface area contributed by atoms with Gasteiger partial charge in [-0.3, -0.25) is 0 Å². The third kappa shape index (κ3) is 4.24. The van der Waals surface area contributed by atoms with Gasteiger partial charge in [-0.15, -0.1) is 0 Å². The SMILES string of the molecule is CCOC(=O)C(N)C(=O)OCc1ccccc1. The van der Waals surface area contributed by atoms with Gasteiger partial charge in [-0.25, -0.2) is 9.59 Å². The van der Waals surface area contributed by atoms with Gasteiger partial charge in [0.2, 0.25) is 6.04 Å². The van der Waals surface area contributed by atoms with Crippen LogP contribution >= 0.6 is 0 Å². The molecule has 1 unspecified atom stereocenters. The molecule has 1 atom stereocenters. The van der Waals surface area contributed by atoms with Crippen molar-refractivity contribution < 1.29 is 19.1 Å². The molecule has 0 spiro atoms. The first-order valence-corrected chi connectivity index (χ1v) is 5.28. The van der Waals surface area contributed by atoms with Crippen molar-refractivity contribution in [3.05, 3.63) is 35.9 Å². The largest absolute Gasteiger partial charge is 0.464 e. The van der Waals surface area contributed by atoms with Gasteiger partial charge in [-0.2, -0.15) is 0 Å². The maximum Gasteiger partial charge on any atom is 0.334 e. The molecule has 2 N–H and O–H groups in total. The molecule has 0 aliphatic rings. The van der Waals surface area contributed by atoms with Gasteiger partial charge in [0.05, 0.1) is 6.61 Å². The summed E-state index contributed by atoms with van der Waals surface area (Å²) >= 11 is 0. The van der Waals surface area contributed by atoms with Gasteiger partial charge >= 0.3 is 11.9 Å². The fourth-order valence-electron chi connectivity index (χ4n) is 1.15. The van der Waals surface area contributed by atoms with Gasteiger partial charge in [0.25, 0.3) is 0 Å². The van der Waals surface area contributed by atoms with Crippen molar-refractivity contribution in [3.8, 4) is 0 Å². The first-order chi connectivity index (χ1) is 8.15. The van der Waals surface area contributed by atoms with E-state index in [4.69, 9.17) is 10.5 Å². The first-order valence-electron chi connectivity index (χ1n) is 5.28. The lowest BCUT2D eigenvalue weighted by Gasteiger charge is -2.10. The summed E-state index contributed by atoms with van der Waals surface area (Å²) in [6, 6.07) is 7.75. The van der Waals surface area contributed by atoms with E-state index < -0.39 is 18.0 Å². The van der Waals surface area contributed by atoms with E-state index >= 15 is 0 Å². The number of carbonyl (C=O) groups excluding carboxylic acids is 2. The van der Waals surface area contributed by atoms with E-state index in [2.05, 4.69) is 4.74 Å². The summed E-state index contributed by atoms with van der Waals surface area (Å²) < 4.78 is 9.50. The number of carbonyl (C=O) groups is 2. The highest BCUT2D eigenvalue weighted by molar-refractivity contribution is 5.98. The molecule has 5 heteroatoms. The summed E-state index contributed by atoms with van der Waals surface area (Å²) in [4.78, 5) is 22.5. The van der Waals surface area contributed by atoms with Crippen molar-refractivity contribution in [2.75, 3.05) is 6.61 Å². The Morgan fingerprint density at radius 1 is 1.18 bits per heavy atom. The standard InChI is InChI=1S/C12H15NO4/c1-2-16-11(14)10(13)12(15)17-8-9-6-4-3-5-7-9/h3-7,10H,2,8,13H2,1H3. The van der Waals surface area contributed by atoms with Gasteiger partial charge in [0.1, 0.15) is 6.61 Å². The molecule has 0 amide bonds. The van der Waals surface area contributed by atoms with Crippen LogP contribution in [0.5, 0.6) is 0 Å². The van der Waals surface area contributed by atoms with Crippen LogP contribution in [0.25, 0.3) is 0 Å². The Bertz CT molecular complexity index is 377. The molecule has 5 nitrogen and oxygen atoms in total. The summed E-state index contributed by atoms with van der Waals surface area (Å²) in [7, 11) is 0. The molecule has 1 rings (SSSR count). The number of hydrogen-bond acceptors (Lipinski definition) is 5. The predicted molar refractivity (Wildman–Crippen MR) is 60.8 cm³/mol. The Morgan fingerprint density at radius 3 is 2.35 bits per heavy atom. The number of nitrogens with two attached hydrogens (primary N) is 1. The molecule has 0 aliphatic carbocycles. The van der Waals surface area contributed by atoms with Crippen molar-refractivity contribution >= 4 is 11.9 Å². The topological polar surface area (TPSA) is 78.6 Å². The van der Waals surface area contributed by atoms with Crippen LogP contribution in [0.15, 0.2) is 30.3 Å². The molecule has 0 aliphatic heterocycles. The van der Waals surface area contributed by atoms with Crippen molar-refractivity contribution in [3.63, 3.8) is 0 Å². The van der Waals surface area contributed by atoms with E-state index in [0.29, 0.717) is 0 Å². The lowest BCUT2D eigenvalue weighted by atomic mass is 10.2. The zero-order valence-corrected chi connectivity index (χ0v) is 9.59. The second-order valence-corrected chi connectivity index (χ2v) is 3.32. The Hall–Kier alpha value is -1.88. The van der Waals surface area contributed by atoms with E-state index in [1.807, 2.05) is 30.3 Å². The third-order valence-electron chi connectivity index (χ3n) is 2.02. The zero-order chi connectivity index (χ0) is 12.7. The van der Waals surface area contributed by atoms with E-state index in [-0.39, 0.29) is 13.2 Å². The summed E-state index contributed by atoms with van der Waals surface area (Å²) in [5.74, 6) is -1.56. The van der Waals surface area contributed by atoms with Gasteiger partial charge in [0.15, 0.2) is 0 Å². The van der Waals surface area contributed by atoms with E-state index in [9.17, 15) is 9.59 Å². The normalized spacial score (nSPS) is 11.6. The van der Waals surface area contributed by atoms with E-state index in [1.165, 1.54) is 0 Å². The Kier molecular flexibility index (Phi) is 5.16. The average Bonchev–Trinajstić information content (AvgIpc) is 2.36. The molecule has 17 heavy (non-hydrogen) atoms. The highest BCUT2D eigenvalue weighted by Crippen LogP contribution is 2.01. The molecule has 0 fully saturated rings. The van der Waals surface area contributed by atoms with Crippen LogP contribution in [0, 0.1) is 0 Å². The van der Waals surface area contributed by atoms with Crippen LogP contribution in [0.1, 0.15) is 12.5 Å². The quantitative estimate of drug-likeness (QED) is 0.600. The van der Waals surface area contributed by atoms with Gasteiger partial charge < -0.3 is 15.2 Å². The number of ether oxygens (including phenoxy) is 2. The van der Waals surface area contributed by atoms with E-state index in [1.54, 1.807) is 6.92 Å². The highest BCUT2D eigenvalue weighted by Gasteiger charge is 2.24. The van der Waals surface area contributed by atoms with Crippen molar-refractivity contribution in [1.29, 1.82) is 0 Å². The Labute approximate surface area is 99.5 Å². The molecule has 0 radical (unpaired) electrons. The summed E-state index contributed by atoms with van der Waals surface area (Å²) in [5.41, 5.74) is 6.19. The minimum atomic E-state index is -1.38. The molecule has 0 aromatic heterocycles. The van der Waals surface area contributed by atoms with Crippen LogP contribution in [0.3, 0.4) is 0 Å². The monoisotopic (exact) mass is 237 g/mol. The maximum absolute atomic E-state index is 11.4. The second-order valence-electron chi connectivity index (χ2n) is 3.32. The molecule has 0 bridgehead atoms. The molecular formula is C12H15NO4. The highest BCUT2D eigenvalue weighted by atomic mass is 16.6. The van der Waals surface area contributed by atoms with E-state index in [0.717, 1.165) is 5.56 Å². The number of rotatable bonds is 5. The Morgan fingerprint density at radius 2 is 1.76 bits per heavy atom. The molecule has 1 aromatic carbocycles. The number of esters is 2. The van der Waals surface area contributed by atoms with Gasteiger partial charge in [-0.05, 0) is 12.5 Å². The first kappa shape index (κ1) is 13.2. The lowest BCUT2D eigenvalue weighted by Crippen LogP contribution is -2.41. The van der Waals surface area contributed by atoms with Crippen LogP contribution in [0.4, 0.5) is 0 Å². The number of benzene rings is 1. The van der Waals surface area contributed by atoms with Crippen LogP contribution in [0.2, 0.25) is 0 Å². The second kappa shape index (κ2) is 6.65. The maximum atomic E-state index is 11.4. The zero-order valence-electron chi connectivity index (χ0n) is 9.59. The predicted octanol–water partition coefficient (Wildman–Crippen LogP) is 0.620. The Balaban J connectivity index is 2.42. The average molecular weight is 237 g/mol. The molecule has 92 valence electrons. The fraction of sp³-hybridized carbons (Fsp3) is 0.333. The van der Waals surface area contributed by atoms with Crippen molar-refractivity contribution in [2.45, 2.75) is 19.6 Å². The molecule has 0 heterocycles. The molecule has 1 aromatic rings. The van der Waals surface area contributed by atoms with Crippen LogP contribution in [-0.4, -0.2) is 24.6 Å². The third-order valence-corrected chi connectivity index (χ3v) is 2.02. The van der Waals surface area contributed by atoms with Crippen molar-refractivity contribution in [2.24, 2.45) is 5.73 Å². The summed E-state index contributed by atoms with van der Waals surface area (Å²) in [6.07, 6.45) is 0. The fourth-order valence-corrected chi connectivity index (χ4v) is 1.15. The van der Waals surface area contributed by atoms with Crippen molar-refractivity contribution in [1.82, 2.24) is 0 Å². The molecule has 0 saturated heterocycles. The van der Waals surface area contributed by atoms with Gasteiger partial charge in [-0.1, -0.05) is 30.3 Å². The number of hydrogen-bond donors (Lipinski definition) is 1. The smallest absolute Gasteiger partial charge is 0.334 e.